The molecule has 0 saturated heterocycles. The number of allylic oxidation sites excluding steroid dienone is 1. The summed E-state index contributed by atoms with van der Waals surface area (Å²) in [6, 6.07) is 0. The van der Waals surface area contributed by atoms with E-state index in [1.165, 1.54) is 13.8 Å². The maximum absolute atomic E-state index is 10.7. The van der Waals surface area contributed by atoms with E-state index >= 15 is 0 Å². The van der Waals surface area contributed by atoms with E-state index < -0.39 is 11.3 Å². The highest BCUT2D eigenvalue weighted by atomic mass is 35.5. The lowest BCUT2D eigenvalue weighted by atomic mass is 10.5. The molecule has 0 amide bonds. The minimum Gasteiger partial charge on any atom is -0.412 e. The highest BCUT2D eigenvalue weighted by molar-refractivity contribution is 6.38. The number of carbonyl (C=O) groups is 1. The number of rotatable bonds is 2. The van der Waals surface area contributed by atoms with E-state index in [0.29, 0.717) is 0 Å². The van der Waals surface area contributed by atoms with Crippen molar-refractivity contribution in [3.05, 3.63) is 10.3 Å². The Morgan fingerprint density at radius 2 is 1.91 bits per heavy atom. The summed E-state index contributed by atoms with van der Waals surface area (Å²) in [5.41, 5.74) is 0. The van der Waals surface area contributed by atoms with Gasteiger partial charge in [-0.05, 0) is 25.4 Å². The molecule has 0 aliphatic carbocycles. The fourth-order valence-corrected chi connectivity index (χ4v) is 0.399. The lowest BCUT2D eigenvalue weighted by Gasteiger charge is -2.03. The molecule has 0 spiro atoms. The van der Waals surface area contributed by atoms with Crippen LogP contribution >= 0.6 is 34.8 Å². The molecule has 0 aromatic heterocycles. The quantitative estimate of drug-likeness (QED) is 0.404. The molecule has 1 unspecified atom stereocenters. The fourth-order valence-electron chi connectivity index (χ4n) is 0.240. The molecule has 0 aromatic carbocycles. The van der Waals surface area contributed by atoms with E-state index in [2.05, 4.69) is 4.74 Å². The van der Waals surface area contributed by atoms with Crippen LogP contribution in [0.25, 0.3) is 0 Å². The van der Waals surface area contributed by atoms with Gasteiger partial charge < -0.3 is 4.74 Å². The first kappa shape index (κ1) is 11.1. The van der Waals surface area contributed by atoms with Gasteiger partial charge in [-0.2, -0.15) is 0 Å². The first-order valence-electron chi connectivity index (χ1n) is 2.82. The van der Waals surface area contributed by atoms with E-state index in [-0.39, 0.29) is 10.3 Å². The molecule has 2 nitrogen and oxygen atoms in total. The average molecular weight is 217 g/mol. The number of halogens is 3. The molecule has 0 bridgehead atoms. The van der Waals surface area contributed by atoms with Gasteiger partial charge in [0.1, 0.15) is 5.38 Å². The molecular weight excluding hydrogens is 210 g/mol. The molecule has 0 saturated carbocycles. The van der Waals surface area contributed by atoms with Crippen molar-refractivity contribution in [3.8, 4) is 0 Å². The number of carbonyl (C=O) groups excluding carboxylic acids is 1. The minimum atomic E-state index is -0.722. The second kappa shape index (κ2) is 4.86. The first-order valence-corrected chi connectivity index (χ1v) is 4.02. The van der Waals surface area contributed by atoms with Crippen LogP contribution in [0.3, 0.4) is 0 Å². The van der Waals surface area contributed by atoms with Gasteiger partial charge in [-0.25, -0.2) is 0 Å². The highest BCUT2D eigenvalue weighted by Gasteiger charge is 2.12. The van der Waals surface area contributed by atoms with Crippen LogP contribution in [0.5, 0.6) is 0 Å². The van der Waals surface area contributed by atoms with Gasteiger partial charge in [0, 0.05) is 0 Å². The van der Waals surface area contributed by atoms with Crippen LogP contribution in [0.2, 0.25) is 0 Å². The van der Waals surface area contributed by atoms with E-state index in [0.717, 1.165) is 0 Å². The summed E-state index contributed by atoms with van der Waals surface area (Å²) in [5, 5.41) is -0.638. The molecule has 64 valence electrons. The van der Waals surface area contributed by atoms with Gasteiger partial charge in [-0.3, -0.25) is 4.79 Å². The smallest absolute Gasteiger partial charge is 0.330 e. The van der Waals surface area contributed by atoms with E-state index in [4.69, 9.17) is 34.8 Å². The monoisotopic (exact) mass is 216 g/mol. The number of hydrogen-bond donors (Lipinski definition) is 0. The molecule has 0 heterocycles. The van der Waals surface area contributed by atoms with Crippen molar-refractivity contribution in [2.45, 2.75) is 19.2 Å². The number of hydrogen-bond acceptors (Lipinski definition) is 2. The number of alkyl halides is 1. The van der Waals surface area contributed by atoms with Crippen LogP contribution in [0, 0.1) is 0 Å². The third kappa shape index (κ3) is 4.51. The lowest BCUT2D eigenvalue weighted by molar-refractivity contribution is -0.137. The molecule has 0 fully saturated rings. The summed E-state index contributed by atoms with van der Waals surface area (Å²) in [6.45, 7) is 2.99. The minimum absolute atomic E-state index is 0.135. The fraction of sp³-hybridized carbons (Fsp3) is 0.500. The first-order chi connectivity index (χ1) is 4.95. The zero-order chi connectivity index (χ0) is 9.02. The van der Waals surface area contributed by atoms with E-state index in [9.17, 15) is 4.79 Å². The van der Waals surface area contributed by atoms with Crippen LogP contribution in [-0.2, 0) is 9.53 Å². The molecule has 0 N–H and O–H groups in total. The number of esters is 1. The molecule has 0 rings (SSSR count). The topological polar surface area (TPSA) is 26.3 Å². The normalized spacial score (nSPS) is 15.4. The Morgan fingerprint density at radius 3 is 2.18 bits per heavy atom. The van der Waals surface area contributed by atoms with Gasteiger partial charge in [-0.1, -0.05) is 11.6 Å². The maximum Gasteiger partial charge on any atom is 0.330 e. The second-order valence-corrected chi connectivity index (χ2v) is 3.41. The molecule has 1 atom stereocenters. The zero-order valence-electron chi connectivity index (χ0n) is 6.03. The molecule has 11 heavy (non-hydrogen) atoms. The Kier molecular flexibility index (Phi) is 4.89. The predicted molar refractivity (Wildman–Crippen MR) is 45.8 cm³/mol. The van der Waals surface area contributed by atoms with Crippen molar-refractivity contribution in [2.75, 3.05) is 0 Å². The average Bonchev–Trinajstić information content (AvgIpc) is 1.87. The Labute approximate surface area is 80.1 Å². The summed E-state index contributed by atoms with van der Waals surface area (Å²) >= 11 is 16.2. The standard InChI is InChI=1S/C6H7Cl3O2/c1-3(7)5(9)11-6(10)4(2)8/h4H,1-2H3/b5-3-. The number of ether oxygens (including phenoxy) is 1. The molecular formula is C6H7Cl3O2. The van der Waals surface area contributed by atoms with Crippen molar-refractivity contribution < 1.29 is 9.53 Å². The molecule has 0 aromatic rings. The van der Waals surface area contributed by atoms with Crippen molar-refractivity contribution >= 4 is 40.8 Å². The van der Waals surface area contributed by atoms with Gasteiger partial charge in [0.15, 0.2) is 0 Å². The summed E-state index contributed by atoms with van der Waals surface area (Å²) in [6.07, 6.45) is 0. The van der Waals surface area contributed by atoms with E-state index in [1.54, 1.807) is 0 Å². The molecule has 0 aliphatic heterocycles. The third-order valence-electron chi connectivity index (χ3n) is 0.786. The Morgan fingerprint density at radius 1 is 1.45 bits per heavy atom. The van der Waals surface area contributed by atoms with Crippen molar-refractivity contribution in [2.24, 2.45) is 0 Å². The summed E-state index contributed by atoms with van der Waals surface area (Å²) in [7, 11) is 0. The van der Waals surface area contributed by atoms with Crippen molar-refractivity contribution in [1.82, 2.24) is 0 Å². The largest absolute Gasteiger partial charge is 0.412 e. The second-order valence-electron chi connectivity index (χ2n) is 1.84. The van der Waals surface area contributed by atoms with Crippen LogP contribution in [0.1, 0.15) is 13.8 Å². The van der Waals surface area contributed by atoms with Gasteiger partial charge >= 0.3 is 5.97 Å². The highest BCUT2D eigenvalue weighted by Crippen LogP contribution is 2.15. The zero-order valence-corrected chi connectivity index (χ0v) is 8.30. The van der Waals surface area contributed by atoms with Crippen LogP contribution in [0.4, 0.5) is 0 Å². The molecule has 5 heteroatoms. The maximum atomic E-state index is 10.7. The predicted octanol–water partition coefficient (Wildman–Crippen LogP) is 2.82. The van der Waals surface area contributed by atoms with Crippen molar-refractivity contribution in [3.63, 3.8) is 0 Å². The van der Waals surface area contributed by atoms with Gasteiger partial charge in [-0.15, -0.1) is 11.6 Å². The van der Waals surface area contributed by atoms with Crippen LogP contribution < -0.4 is 0 Å². The summed E-state index contributed by atoms with van der Waals surface area (Å²) in [5.74, 6) is -0.614. The molecule has 0 aliphatic rings. The summed E-state index contributed by atoms with van der Waals surface area (Å²) in [4.78, 5) is 10.7. The lowest BCUT2D eigenvalue weighted by Crippen LogP contribution is -2.12. The van der Waals surface area contributed by atoms with Gasteiger partial charge in [0.2, 0.25) is 5.22 Å². The Hall–Kier alpha value is 0.0800. The van der Waals surface area contributed by atoms with Crippen LogP contribution in [0.15, 0.2) is 10.3 Å². The van der Waals surface area contributed by atoms with Gasteiger partial charge in [0.05, 0.1) is 5.03 Å². The van der Waals surface area contributed by atoms with E-state index in [1.807, 2.05) is 0 Å². The Bertz CT molecular complexity index is 182. The summed E-state index contributed by atoms with van der Waals surface area (Å²) < 4.78 is 4.52. The third-order valence-corrected chi connectivity index (χ3v) is 1.59. The van der Waals surface area contributed by atoms with Crippen molar-refractivity contribution in [1.29, 1.82) is 0 Å². The Balaban J connectivity index is 4.07. The SMILES string of the molecule is C/C(Cl)=C(\Cl)OC(=O)C(C)Cl. The van der Waals surface area contributed by atoms with Crippen LogP contribution in [-0.4, -0.2) is 11.3 Å². The van der Waals surface area contributed by atoms with Gasteiger partial charge in [0.25, 0.3) is 0 Å². The molecule has 0 radical (unpaired) electrons.